The highest BCUT2D eigenvalue weighted by atomic mass is 32.2. The molecule has 0 heterocycles. The van der Waals surface area contributed by atoms with Crippen molar-refractivity contribution in [2.45, 2.75) is 85.0 Å². The zero-order chi connectivity index (χ0) is 24.4. The Hall–Kier alpha value is -2.05. The van der Waals surface area contributed by atoms with E-state index in [4.69, 9.17) is 4.74 Å². The van der Waals surface area contributed by atoms with Crippen LogP contribution in [0.2, 0.25) is 0 Å². The molecule has 5 nitrogen and oxygen atoms in total. The highest BCUT2D eigenvalue weighted by Gasteiger charge is 2.30. The molecular formula is C27H41NO4S. The van der Waals surface area contributed by atoms with E-state index in [1.165, 1.54) is 11.8 Å². The standard InChI is InChI=1S/C27H41NO4S/c1-6-8-10-11-22-18-25(29)27(24-17-21(5)12-13-23(24)20(3)4)26(19-22)32-15-16-33(30,31)28-14-9-7-2/h15-19,23-24,28-29H,3,6-14H2,1-2,4-5H3/t23-,24+/m0/s1. The molecule has 0 aromatic heterocycles. The molecule has 2 rings (SSSR count). The zero-order valence-electron chi connectivity index (χ0n) is 20.7. The second kappa shape index (κ2) is 13.0. The summed E-state index contributed by atoms with van der Waals surface area (Å²) in [5, 5.41) is 12.1. The van der Waals surface area contributed by atoms with E-state index in [9.17, 15) is 13.5 Å². The van der Waals surface area contributed by atoms with Crippen LogP contribution < -0.4 is 9.46 Å². The van der Waals surface area contributed by atoms with Crippen LogP contribution >= 0.6 is 0 Å². The van der Waals surface area contributed by atoms with Crippen LogP contribution in [0, 0.1) is 5.92 Å². The van der Waals surface area contributed by atoms with Crippen molar-refractivity contribution in [3.8, 4) is 11.5 Å². The number of allylic oxidation sites excluding steroid dienone is 3. The monoisotopic (exact) mass is 475 g/mol. The van der Waals surface area contributed by atoms with Gasteiger partial charge in [0, 0.05) is 18.0 Å². The van der Waals surface area contributed by atoms with Gasteiger partial charge in [0.2, 0.25) is 10.0 Å². The van der Waals surface area contributed by atoms with Gasteiger partial charge in [-0.15, -0.1) is 0 Å². The lowest BCUT2D eigenvalue weighted by Crippen LogP contribution is -2.22. The second-order valence-electron chi connectivity index (χ2n) is 9.20. The maximum Gasteiger partial charge on any atom is 0.236 e. The Morgan fingerprint density at radius 2 is 1.97 bits per heavy atom. The predicted octanol–water partition coefficient (Wildman–Crippen LogP) is 6.71. The zero-order valence-corrected chi connectivity index (χ0v) is 21.5. The number of nitrogens with one attached hydrogen (secondary N) is 1. The predicted molar refractivity (Wildman–Crippen MR) is 137 cm³/mol. The van der Waals surface area contributed by atoms with Gasteiger partial charge in [-0.25, -0.2) is 13.1 Å². The summed E-state index contributed by atoms with van der Waals surface area (Å²) in [7, 11) is -3.58. The Balaban J connectivity index is 2.41. The summed E-state index contributed by atoms with van der Waals surface area (Å²) < 4.78 is 32.9. The van der Waals surface area contributed by atoms with Gasteiger partial charge in [-0.05, 0) is 69.6 Å². The van der Waals surface area contributed by atoms with Gasteiger partial charge in [-0.1, -0.05) is 56.9 Å². The van der Waals surface area contributed by atoms with Crippen molar-refractivity contribution >= 4 is 10.0 Å². The number of aromatic hydroxyl groups is 1. The van der Waals surface area contributed by atoms with E-state index >= 15 is 0 Å². The van der Waals surface area contributed by atoms with Crippen LogP contribution in [0.15, 0.2) is 47.6 Å². The molecule has 0 amide bonds. The number of benzene rings is 1. The van der Waals surface area contributed by atoms with Gasteiger partial charge in [-0.2, -0.15) is 0 Å². The third-order valence-electron chi connectivity index (χ3n) is 6.23. The van der Waals surface area contributed by atoms with Crippen molar-refractivity contribution in [2.24, 2.45) is 5.92 Å². The van der Waals surface area contributed by atoms with Crippen LogP contribution in [0.5, 0.6) is 11.5 Å². The first-order chi connectivity index (χ1) is 15.7. The molecule has 0 radical (unpaired) electrons. The lowest BCUT2D eigenvalue weighted by Gasteiger charge is -2.32. The largest absolute Gasteiger partial charge is 0.507 e. The Kier molecular flexibility index (Phi) is 10.7. The quantitative estimate of drug-likeness (QED) is 0.189. The normalized spacial score (nSPS) is 19.0. The van der Waals surface area contributed by atoms with Crippen LogP contribution in [-0.2, 0) is 16.4 Å². The topological polar surface area (TPSA) is 75.6 Å². The van der Waals surface area contributed by atoms with Crippen molar-refractivity contribution in [3.05, 3.63) is 58.7 Å². The SMILES string of the molecule is C=C(C)[C@@H]1CCC(C)=C[C@H]1c1c(O)cc(CCCCC)cc1OC=CS(=O)(=O)NCCCC. The van der Waals surface area contributed by atoms with E-state index < -0.39 is 10.0 Å². The van der Waals surface area contributed by atoms with Gasteiger partial charge in [0.15, 0.2) is 0 Å². The van der Waals surface area contributed by atoms with Crippen molar-refractivity contribution in [2.75, 3.05) is 6.54 Å². The molecule has 0 saturated heterocycles. The van der Waals surface area contributed by atoms with Crippen molar-refractivity contribution in [1.82, 2.24) is 4.72 Å². The summed E-state index contributed by atoms with van der Waals surface area (Å²) in [6.07, 6.45) is 11.1. The number of ether oxygens (including phenoxy) is 1. The molecule has 1 aromatic carbocycles. The van der Waals surface area contributed by atoms with Crippen LogP contribution in [0.4, 0.5) is 0 Å². The molecule has 0 spiro atoms. The minimum absolute atomic E-state index is 0.0661. The van der Waals surface area contributed by atoms with E-state index in [1.54, 1.807) is 0 Å². The van der Waals surface area contributed by atoms with Gasteiger partial charge >= 0.3 is 0 Å². The second-order valence-corrected chi connectivity index (χ2v) is 10.8. The summed E-state index contributed by atoms with van der Waals surface area (Å²) in [4.78, 5) is 0. The van der Waals surface area contributed by atoms with Gasteiger partial charge in [0.05, 0.1) is 5.41 Å². The van der Waals surface area contributed by atoms with Crippen LogP contribution in [0.3, 0.4) is 0 Å². The Labute approximate surface area is 200 Å². The number of sulfonamides is 1. The fourth-order valence-corrected chi connectivity index (χ4v) is 5.07. The summed E-state index contributed by atoms with van der Waals surface area (Å²) in [5.41, 5.74) is 4.02. The van der Waals surface area contributed by atoms with E-state index in [0.29, 0.717) is 17.9 Å². The lowest BCUT2D eigenvalue weighted by atomic mass is 9.73. The van der Waals surface area contributed by atoms with Gasteiger partial charge in [0.1, 0.15) is 17.8 Å². The summed E-state index contributed by atoms with van der Waals surface area (Å²) >= 11 is 0. The number of hydrogen-bond acceptors (Lipinski definition) is 4. The maximum atomic E-state index is 12.2. The van der Waals surface area contributed by atoms with Crippen molar-refractivity contribution in [1.29, 1.82) is 0 Å². The van der Waals surface area contributed by atoms with Crippen LogP contribution in [0.1, 0.15) is 89.7 Å². The van der Waals surface area contributed by atoms with Crippen molar-refractivity contribution < 1.29 is 18.3 Å². The van der Waals surface area contributed by atoms with Crippen molar-refractivity contribution in [3.63, 3.8) is 0 Å². The van der Waals surface area contributed by atoms with E-state index in [2.05, 4.69) is 31.2 Å². The lowest BCUT2D eigenvalue weighted by molar-refractivity contribution is 0.410. The number of phenols is 1. The Morgan fingerprint density at radius 3 is 2.64 bits per heavy atom. The third-order valence-corrected chi connectivity index (χ3v) is 7.30. The summed E-state index contributed by atoms with van der Waals surface area (Å²) in [6.45, 7) is 12.9. The summed E-state index contributed by atoms with van der Waals surface area (Å²) in [6, 6.07) is 3.78. The molecule has 0 aliphatic heterocycles. The molecule has 0 bridgehead atoms. The number of phenolic OH excluding ortho intramolecular Hbond substituents is 1. The first kappa shape index (κ1) is 27.2. The first-order valence-electron chi connectivity index (χ1n) is 12.2. The number of unbranched alkanes of at least 4 members (excludes halogenated alkanes) is 3. The molecule has 33 heavy (non-hydrogen) atoms. The van der Waals surface area contributed by atoms with Gasteiger partial charge < -0.3 is 9.84 Å². The molecule has 6 heteroatoms. The minimum atomic E-state index is -3.58. The van der Waals surface area contributed by atoms with E-state index in [0.717, 1.165) is 67.9 Å². The van der Waals surface area contributed by atoms with Gasteiger partial charge in [0.25, 0.3) is 0 Å². The number of aryl methyl sites for hydroxylation is 1. The maximum absolute atomic E-state index is 12.2. The molecule has 1 aromatic rings. The van der Waals surface area contributed by atoms with E-state index in [1.807, 2.05) is 26.0 Å². The number of rotatable bonds is 13. The molecule has 0 saturated carbocycles. The molecule has 0 fully saturated rings. The highest BCUT2D eigenvalue weighted by Crippen LogP contribution is 2.47. The molecule has 1 aliphatic rings. The highest BCUT2D eigenvalue weighted by molar-refractivity contribution is 7.92. The smallest absolute Gasteiger partial charge is 0.236 e. The number of hydrogen-bond donors (Lipinski definition) is 2. The fourth-order valence-electron chi connectivity index (χ4n) is 4.34. The molecular weight excluding hydrogens is 434 g/mol. The molecule has 1 aliphatic carbocycles. The average Bonchev–Trinajstić information content (AvgIpc) is 2.73. The Morgan fingerprint density at radius 1 is 1.24 bits per heavy atom. The van der Waals surface area contributed by atoms with Gasteiger partial charge in [-0.3, -0.25) is 0 Å². The first-order valence-corrected chi connectivity index (χ1v) is 13.7. The molecule has 184 valence electrons. The molecule has 2 N–H and O–H groups in total. The van der Waals surface area contributed by atoms with Crippen LogP contribution in [0.25, 0.3) is 0 Å². The Bertz CT molecular complexity index is 963. The average molecular weight is 476 g/mol. The molecule has 2 atom stereocenters. The minimum Gasteiger partial charge on any atom is -0.507 e. The van der Waals surface area contributed by atoms with Crippen LogP contribution in [-0.4, -0.2) is 20.1 Å². The third kappa shape index (κ3) is 8.35. The van der Waals surface area contributed by atoms with E-state index in [-0.39, 0.29) is 17.6 Å². The molecule has 0 unspecified atom stereocenters. The summed E-state index contributed by atoms with van der Waals surface area (Å²) in [5.74, 6) is 0.821. The fraction of sp³-hybridized carbons (Fsp3) is 0.556.